The van der Waals surface area contributed by atoms with Gasteiger partial charge in [-0.1, -0.05) is 13.3 Å². The third-order valence-corrected chi connectivity index (χ3v) is 1.52. The first-order valence-corrected chi connectivity index (χ1v) is 4.08. The molecule has 0 atom stereocenters. The molecule has 1 rings (SSSR count). The lowest BCUT2D eigenvalue weighted by atomic mass is 10.2. The zero-order chi connectivity index (χ0) is 9.68. The van der Waals surface area contributed by atoms with E-state index in [9.17, 15) is 4.79 Å². The van der Waals surface area contributed by atoms with E-state index < -0.39 is 5.91 Å². The summed E-state index contributed by atoms with van der Waals surface area (Å²) in [6.07, 6.45) is 6.83. The highest BCUT2D eigenvalue weighted by atomic mass is 16.1. The molecular weight excluding hydrogens is 166 g/mol. The molecule has 1 aromatic rings. The van der Waals surface area contributed by atoms with Gasteiger partial charge in [-0.2, -0.15) is 5.10 Å². The molecule has 1 heterocycles. The fourth-order valence-corrected chi connectivity index (χ4v) is 0.975. The predicted octanol–water partition coefficient (Wildman–Crippen LogP) is 0.934. The van der Waals surface area contributed by atoms with Crippen molar-refractivity contribution >= 4 is 11.7 Å². The van der Waals surface area contributed by atoms with Crippen LogP contribution < -0.4 is 5.32 Å². The Hall–Kier alpha value is -1.76. The van der Waals surface area contributed by atoms with Gasteiger partial charge in [0, 0.05) is 11.8 Å². The van der Waals surface area contributed by atoms with Gasteiger partial charge < -0.3 is 0 Å². The predicted molar refractivity (Wildman–Crippen MR) is 50.0 cm³/mol. The Morgan fingerprint density at radius 2 is 2.62 bits per heavy atom. The van der Waals surface area contributed by atoms with Crippen LogP contribution in [0, 0.1) is 12.3 Å². The van der Waals surface area contributed by atoms with Gasteiger partial charge in [0.1, 0.15) is 0 Å². The van der Waals surface area contributed by atoms with Crippen LogP contribution in [0.25, 0.3) is 0 Å². The summed E-state index contributed by atoms with van der Waals surface area (Å²) in [5.41, 5.74) is 0.995. The molecule has 0 aromatic carbocycles. The van der Waals surface area contributed by atoms with E-state index in [0.717, 1.165) is 18.5 Å². The smallest absolute Gasteiger partial charge is 0.298 e. The summed E-state index contributed by atoms with van der Waals surface area (Å²) in [7, 11) is 0. The van der Waals surface area contributed by atoms with Crippen LogP contribution in [0.3, 0.4) is 0 Å². The van der Waals surface area contributed by atoms with Gasteiger partial charge in [0.2, 0.25) is 0 Å². The molecule has 2 N–H and O–H groups in total. The van der Waals surface area contributed by atoms with Crippen LogP contribution in [0.5, 0.6) is 0 Å². The number of aryl methyl sites for hydroxylation is 1. The molecule has 0 saturated heterocycles. The van der Waals surface area contributed by atoms with Crippen LogP contribution in [0.1, 0.15) is 19.0 Å². The Labute approximate surface area is 76.7 Å². The third kappa shape index (κ3) is 2.64. The zero-order valence-electron chi connectivity index (χ0n) is 7.42. The molecule has 0 bridgehead atoms. The lowest BCUT2D eigenvalue weighted by Gasteiger charge is -1.91. The van der Waals surface area contributed by atoms with E-state index in [4.69, 9.17) is 6.42 Å². The van der Waals surface area contributed by atoms with Gasteiger partial charge in [0.05, 0.1) is 0 Å². The standard InChI is InChI=1S/C9H11N3O/c1-3-5-7-6-8(12-11-7)10-9(13)4-2/h2,6H,3,5H2,1H3,(H2,10,11,12,13). The lowest BCUT2D eigenvalue weighted by molar-refractivity contribution is -0.111. The Morgan fingerprint density at radius 3 is 3.23 bits per heavy atom. The highest BCUT2D eigenvalue weighted by molar-refractivity contribution is 6.02. The Bertz CT molecular complexity index is 335. The van der Waals surface area contributed by atoms with E-state index in [0.29, 0.717) is 5.82 Å². The molecule has 0 fully saturated rings. The molecule has 0 radical (unpaired) electrons. The molecule has 4 heteroatoms. The van der Waals surface area contributed by atoms with E-state index in [2.05, 4.69) is 22.4 Å². The van der Waals surface area contributed by atoms with Crippen LogP contribution in [0.4, 0.5) is 5.82 Å². The number of rotatable bonds is 3. The van der Waals surface area contributed by atoms with Gasteiger partial charge in [0.25, 0.3) is 0 Å². The number of anilines is 1. The monoisotopic (exact) mass is 177 g/mol. The summed E-state index contributed by atoms with van der Waals surface area (Å²) in [5, 5.41) is 9.13. The SMILES string of the molecule is C#CC(=O)Nc1cc(CCC)[nH]n1. The number of aromatic nitrogens is 2. The van der Waals surface area contributed by atoms with Crippen molar-refractivity contribution in [2.75, 3.05) is 5.32 Å². The average Bonchev–Trinajstić information content (AvgIpc) is 2.53. The van der Waals surface area contributed by atoms with E-state index in [1.807, 2.05) is 5.92 Å². The number of nitrogens with zero attached hydrogens (tertiary/aromatic N) is 1. The maximum absolute atomic E-state index is 10.7. The van der Waals surface area contributed by atoms with Crippen LogP contribution in [-0.4, -0.2) is 16.1 Å². The van der Waals surface area contributed by atoms with Gasteiger partial charge in [-0.05, 0) is 12.3 Å². The fraction of sp³-hybridized carbons (Fsp3) is 0.333. The number of aromatic amines is 1. The van der Waals surface area contributed by atoms with E-state index in [-0.39, 0.29) is 0 Å². The highest BCUT2D eigenvalue weighted by Crippen LogP contribution is 2.06. The van der Waals surface area contributed by atoms with Crippen molar-refractivity contribution in [3.63, 3.8) is 0 Å². The summed E-state index contributed by atoms with van der Waals surface area (Å²) in [5.74, 6) is 1.95. The fourth-order valence-electron chi connectivity index (χ4n) is 0.975. The average molecular weight is 177 g/mol. The van der Waals surface area contributed by atoms with Crippen molar-refractivity contribution in [3.8, 4) is 12.3 Å². The zero-order valence-corrected chi connectivity index (χ0v) is 7.42. The van der Waals surface area contributed by atoms with E-state index in [1.54, 1.807) is 6.07 Å². The van der Waals surface area contributed by atoms with Crippen LogP contribution in [-0.2, 0) is 11.2 Å². The number of H-pyrrole nitrogens is 1. The maximum Gasteiger partial charge on any atom is 0.301 e. The van der Waals surface area contributed by atoms with Gasteiger partial charge in [-0.15, -0.1) is 6.42 Å². The highest BCUT2D eigenvalue weighted by Gasteiger charge is 2.02. The summed E-state index contributed by atoms with van der Waals surface area (Å²) in [4.78, 5) is 10.7. The largest absolute Gasteiger partial charge is 0.301 e. The maximum atomic E-state index is 10.7. The molecule has 0 unspecified atom stereocenters. The number of carbonyl (C=O) groups excluding carboxylic acids is 1. The quantitative estimate of drug-likeness (QED) is 0.675. The minimum atomic E-state index is -0.477. The molecule has 0 aliphatic heterocycles. The molecular formula is C9H11N3O. The lowest BCUT2D eigenvalue weighted by Crippen LogP contribution is -2.07. The van der Waals surface area contributed by atoms with Crippen molar-refractivity contribution in [3.05, 3.63) is 11.8 Å². The number of carbonyl (C=O) groups is 1. The van der Waals surface area contributed by atoms with Crippen molar-refractivity contribution in [2.45, 2.75) is 19.8 Å². The number of terminal acetylenes is 1. The number of nitrogens with one attached hydrogen (secondary N) is 2. The first-order chi connectivity index (χ1) is 6.26. The van der Waals surface area contributed by atoms with Crippen LogP contribution >= 0.6 is 0 Å². The molecule has 13 heavy (non-hydrogen) atoms. The van der Waals surface area contributed by atoms with Crippen LogP contribution in [0.15, 0.2) is 6.07 Å². The molecule has 0 spiro atoms. The van der Waals surface area contributed by atoms with Crippen molar-refractivity contribution < 1.29 is 4.79 Å². The topological polar surface area (TPSA) is 57.8 Å². The molecule has 0 aliphatic rings. The van der Waals surface area contributed by atoms with Gasteiger partial charge in [-0.3, -0.25) is 15.2 Å². The minimum absolute atomic E-state index is 0.477. The first kappa shape index (κ1) is 9.33. The van der Waals surface area contributed by atoms with Gasteiger partial charge in [0.15, 0.2) is 5.82 Å². The summed E-state index contributed by atoms with van der Waals surface area (Å²) in [6, 6.07) is 1.78. The number of hydrogen-bond acceptors (Lipinski definition) is 2. The Kier molecular flexibility index (Phi) is 3.09. The van der Waals surface area contributed by atoms with Crippen molar-refractivity contribution in [1.29, 1.82) is 0 Å². The second-order valence-corrected chi connectivity index (χ2v) is 2.63. The third-order valence-electron chi connectivity index (χ3n) is 1.52. The van der Waals surface area contributed by atoms with Gasteiger partial charge in [-0.25, -0.2) is 0 Å². The van der Waals surface area contributed by atoms with Crippen molar-refractivity contribution in [1.82, 2.24) is 10.2 Å². The second-order valence-electron chi connectivity index (χ2n) is 2.63. The molecule has 1 aromatic heterocycles. The first-order valence-electron chi connectivity index (χ1n) is 4.08. The molecule has 0 saturated carbocycles. The summed E-state index contributed by atoms with van der Waals surface area (Å²) in [6.45, 7) is 2.07. The number of amides is 1. The molecule has 1 amide bonds. The second kappa shape index (κ2) is 4.31. The van der Waals surface area contributed by atoms with Gasteiger partial charge >= 0.3 is 5.91 Å². The van der Waals surface area contributed by atoms with E-state index in [1.165, 1.54) is 0 Å². The Morgan fingerprint density at radius 1 is 1.85 bits per heavy atom. The van der Waals surface area contributed by atoms with Crippen molar-refractivity contribution in [2.24, 2.45) is 0 Å². The Balaban J connectivity index is 2.59. The molecule has 68 valence electrons. The number of hydrogen-bond donors (Lipinski definition) is 2. The molecule has 4 nitrogen and oxygen atoms in total. The van der Waals surface area contributed by atoms with Crippen LogP contribution in [0.2, 0.25) is 0 Å². The summed E-state index contributed by atoms with van der Waals surface area (Å²) >= 11 is 0. The summed E-state index contributed by atoms with van der Waals surface area (Å²) < 4.78 is 0. The minimum Gasteiger partial charge on any atom is -0.298 e. The normalized spacial score (nSPS) is 9.23. The van der Waals surface area contributed by atoms with E-state index >= 15 is 0 Å². The molecule has 0 aliphatic carbocycles.